The van der Waals surface area contributed by atoms with Gasteiger partial charge in [-0.25, -0.2) is 0 Å². The van der Waals surface area contributed by atoms with Crippen molar-refractivity contribution in [2.24, 2.45) is 0 Å². The maximum atomic E-state index is 9.53. The van der Waals surface area contributed by atoms with Crippen LogP contribution >= 0.6 is 0 Å². The van der Waals surface area contributed by atoms with E-state index in [2.05, 4.69) is 11.6 Å². The van der Waals surface area contributed by atoms with Crippen LogP contribution in [0.3, 0.4) is 0 Å². The highest BCUT2D eigenvalue weighted by atomic mass is 16.5. The molecular formula is C10H13NO2. The fourth-order valence-electron chi connectivity index (χ4n) is 0.980. The average Bonchev–Trinajstić information content (AvgIpc) is 2.13. The molecule has 0 aliphatic carbocycles. The lowest BCUT2D eigenvalue weighted by atomic mass is 10.2. The molecule has 0 aromatic carbocycles. The summed E-state index contributed by atoms with van der Waals surface area (Å²) in [6, 6.07) is 1.74. The van der Waals surface area contributed by atoms with Crippen LogP contribution in [-0.2, 0) is 11.3 Å². The van der Waals surface area contributed by atoms with Crippen molar-refractivity contribution < 1.29 is 9.84 Å². The van der Waals surface area contributed by atoms with Gasteiger partial charge in [0.2, 0.25) is 0 Å². The third kappa shape index (κ3) is 2.56. The molecule has 0 atom stereocenters. The summed E-state index contributed by atoms with van der Waals surface area (Å²) >= 11 is 0. The maximum absolute atomic E-state index is 9.53. The van der Waals surface area contributed by atoms with Gasteiger partial charge in [0.25, 0.3) is 0 Å². The highest BCUT2D eigenvalue weighted by molar-refractivity contribution is 5.33. The average molecular weight is 179 g/mol. The first kappa shape index (κ1) is 9.74. The van der Waals surface area contributed by atoms with E-state index in [9.17, 15) is 5.11 Å². The van der Waals surface area contributed by atoms with E-state index in [0.29, 0.717) is 18.9 Å². The number of hydrogen-bond donors (Lipinski definition) is 1. The minimum atomic E-state index is 0.214. The van der Waals surface area contributed by atoms with Crippen molar-refractivity contribution in [3.05, 3.63) is 36.2 Å². The van der Waals surface area contributed by atoms with E-state index in [0.717, 1.165) is 5.56 Å². The molecule has 70 valence electrons. The van der Waals surface area contributed by atoms with E-state index in [-0.39, 0.29) is 5.75 Å². The second-order valence-electron chi connectivity index (χ2n) is 2.71. The number of aryl methyl sites for hydroxylation is 1. The van der Waals surface area contributed by atoms with Crippen molar-refractivity contribution in [3.8, 4) is 5.75 Å². The summed E-state index contributed by atoms with van der Waals surface area (Å²) in [6.07, 6.45) is 3.33. The second kappa shape index (κ2) is 4.62. The van der Waals surface area contributed by atoms with Crippen LogP contribution in [0.2, 0.25) is 0 Å². The fourth-order valence-corrected chi connectivity index (χ4v) is 0.980. The maximum Gasteiger partial charge on any atom is 0.142 e. The Balaban J connectivity index is 2.65. The lowest BCUT2D eigenvalue weighted by molar-refractivity contribution is 0.146. The van der Waals surface area contributed by atoms with Gasteiger partial charge >= 0.3 is 0 Å². The van der Waals surface area contributed by atoms with Gasteiger partial charge < -0.3 is 9.84 Å². The van der Waals surface area contributed by atoms with E-state index < -0.39 is 0 Å². The zero-order chi connectivity index (χ0) is 9.68. The van der Waals surface area contributed by atoms with E-state index in [1.165, 1.54) is 0 Å². The van der Waals surface area contributed by atoms with E-state index in [1.54, 1.807) is 25.3 Å². The quantitative estimate of drug-likeness (QED) is 0.566. The number of ether oxygens (including phenoxy) is 1. The van der Waals surface area contributed by atoms with Gasteiger partial charge in [-0.2, -0.15) is 0 Å². The molecule has 0 unspecified atom stereocenters. The molecule has 0 aliphatic heterocycles. The van der Waals surface area contributed by atoms with E-state index >= 15 is 0 Å². The van der Waals surface area contributed by atoms with Crippen LogP contribution in [-0.4, -0.2) is 16.7 Å². The van der Waals surface area contributed by atoms with Gasteiger partial charge in [0.05, 0.1) is 18.9 Å². The van der Waals surface area contributed by atoms with Gasteiger partial charge in [-0.05, 0) is 13.0 Å². The molecule has 0 fully saturated rings. The summed E-state index contributed by atoms with van der Waals surface area (Å²) in [5.41, 5.74) is 1.38. The van der Waals surface area contributed by atoms with Crippen LogP contribution < -0.4 is 0 Å². The molecule has 0 radical (unpaired) electrons. The predicted octanol–water partition coefficient (Wildman–Crippen LogP) is 1.80. The van der Waals surface area contributed by atoms with Crippen LogP contribution in [0.5, 0.6) is 5.75 Å². The van der Waals surface area contributed by atoms with Crippen molar-refractivity contribution in [1.82, 2.24) is 4.98 Å². The number of aromatic nitrogens is 1. The smallest absolute Gasteiger partial charge is 0.142 e. The summed E-state index contributed by atoms with van der Waals surface area (Å²) in [7, 11) is 0. The van der Waals surface area contributed by atoms with E-state index in [4.69, 9.17) is 4.74 Å². The summed E-state index contributed by atoms with van der Waals surface area (Å²) in [6.45, 7) is 6.17. The van der Waals surface area contributed by atoms with Crippen LogP contribution in [0.1, 0.15) is 11.3 Å². The van der Waals surface area contributed by atoms with Crippen LogP contribution in [0, 0.1) is 6.92 Å². The molecule has 0 saturated heterocycles. The highest BCUT2D eigenvalue weighted by Gasteiger charge is 2.03. The molecule has 3 heteroatoms. The number of hydrogen-bond acceptors (Lipinski definition) is 3. The Morgan fingerprint density at radius 2 is 2.46 bits per heavy atom. The molecule has 3 nitrogen and oxygen atoms in total. The number of aromatic hydroxyl groups is 1. The molecule has 0 spiro atoms. The first-order valence-corrected chi connectivity index (χ1v) is 4.07. The summed E-state index contributed by atoms with van der Waals surface area (Å²) < 4.78 is 5.20. The minimum absolute atomic E-state index is 0.214. The van der Waals surface area contributed by atoms with Crippen molar-refractivity contribution in [2.75, 3.05) is 6.61 Å². The van der Waals surface area contributed by atoms with Gasteiger partial charge in [-0.1, -0.05) is 6.08 Å². The van der Waals surface area contributed by atoms with Crippen molar-refractivity contribution >= 4 is 0 Å². The normalized spacial score (nSPS) is 9.92. The van der Waals surface area contributed by atoms with E-state index in [1.807, 2.05) is 0 Å². The molecule has 0 amide bonds. The van der Waals surface area contributed by atoms with Gasteiger partial charge in [0, 0.05) is 11.8 Å². The number of pyridine rings is 1. The monoisotopic (exact) mass is 179 g/mol. The summed E-state index contributed by atoms with van der Waals surface area (Å²) in [5, 5.41) is 9.53. The van der Waals surface area contributed by atoms with Crippen LogP contribution in [0.25, 0.3) is 0 Å². The Hall–Kier alpha value is -1.35. The van der Waals surface area contributed by atoms with Crippen LogP contribution in [0.4, 0.5) is 0 Å². The first-order chi connectivity index (χ1) is 6.25. The van der Waals surface area contributed by atoms with Gasteiger partial charge in [-0.15, -0.1) is 6.58 Å². The third-order valence-electron chi connectivity index (χ3n) is 1.68. The molecule has 0 saturated carbocycles. The third-order valence-corrected chi connectivity index (χ3v) is 1.68. The topological polar surface area (TPSA) is 42.4 Å². The SMILES string of the molecule is C=CCOCc1ccnc(C)c1O. The van der Waals surface area contributed by atoms with Gasteiger partial charge in [-0.3, -0.25) is 4.98 Å². The lowest BCUT2D eigenvalue weighted by Crippen LogP contribution is -1.95. The Morgan fingerprint density at radius 3 is 3.15 bits per heavy atom. The molecule has 13 heavy (non-hydrogen) atoms. The van der Waals surface area contributed by atoms with Crippen LogP contribution in [0.15, 0.2) is 24.9 Å². The number of nitrogens with zero attached hydrogens (tertiary/aromatic N) is 1. The standard InChI is InChI=1S/C10H13NO2/c1-3-6-13-7-9-4-5-11-8(2)10(9)12/h3-5,12H,1,6-7H2,2H3. The predicted molar refractivity (Wildman–Crippen MR) is 50.5 cm³/mol. The Labute approximate surface area is 77.7 Å². The first-order valence-electron chi connectivity index (χ1n) is 4.07. The molecule has 1 rings (SSSR count). The van der Waals surface area contributed by atoms with Crippen molar-refractivity contribution in [3.63, 3.8) is 0 Å². The molecule has 1 heterocycles. The Bertz CT molecular complexity index is 297. The summed E-state index contributed by atoms with van der Waals surface area (Å²) in [5.74, 6) is 0.214. The Kier molecular flexibility index (Phi) is 3.46. The lowest BCUT2D eigenvalue weighted by Gasteiger charge is -2.05. The minimum Gasteiger partial charge on any atom is -0.506 e. The zero-order valence-corrected chi connectivity index (χ0v) is 7.66. The van der Waals surface area contributed by atoms with Crippen molar-refractivity contribution in [1.29, 1.82) is 0 Å². The largest absolute Gasteiger partial charge is 0.506 e. The highest BCUT2D eigenvalue weighted by Crippen LogP contribution is 2.19. The molecule has 0 aliphatic rings. The second-order valence-corrected chi connectivity index (χ2v) is 2.71. The van der Waals surface area contributed by atoms with Crippen molar-refractivity contribution in [2.45, 2.75) is 13.5 Å². The summed E-state index contributed by atoms with van der Waals surface area (Å²) in [4.78, 5) is 3.94. The Morgan fingerprint density at radius 1 is 1.69 bits per heavy atom. The molecule has 1 N–H and O–H groups in total. The zero-order valence-electron chi connectivity index (χ0n) is 7.66. The van der Waals surface area contributed by atoms with Gasteiger partial charge in [0.1, 0.15) is 5.75 Å². The molecule has 1 aromatic heterocycles. The molecule has 1 aromatic rings. The fraction of sp³-hybridized carbons (Fsp3) is 0.300. The van der Waals surface area contributed by atoms with Gasteiger partial charge in [0.15, 0.2) is 0 Å². The molecular weight excluding hydrogens is 166 g/mol. The number of rotatable bonds is 4. The molecule has 0 bridgehead atoms.